The van der Waals surface area contributed by atoms with Crippen LogP contribution in [0.25, 0.3) is 0 Å². The van der Waals surface area contributed by atoms with Crippen molar-refractivity contribution in [2.45, 2.75) is 18.5 Å². The van der Waals surface area contributed by atoms with Crippen molar-refractivity contribution >= 4 is 64.0 Å². The Hall–Kier alpha value is 0.790. The average molecular weight is 462 g/mol. The van der Waals surface area contributed by atoms with Gasteiger partial charge < -0.3 is 4.90 Å². The van der Waals surface area contributed by atoms with Crippen LogP contribution in [0, 0.1) is 0 Å². The van der Waals surface area contributed by atoms with Gasteiger partial charge in [0, 0.05) is 11.7 Å². The van der Waals surface area contributed by atoms with Gasteiger partial charge >= 0.3 is 0 Å². The molecular weight excluding hydrogens is 446 g/mol. The van der Waals surface area contributed by atoms with E-state index in [1.54, 1.807) is 0 Å². The molecule has 1 heterocycles. The fraction of sp³-hybridized carbons (Fsp3) is 0.455. The van der Waals surface area contributed by atoms with Gasteiger partial charge in [-0.15, -0.1) is 35.7 Å². The van der Waals surface area contributed by atoms with E-state index in [-0.39, 0.29) is 24.0 Å². The lowest BCUT2D eigenvalue weighted by Crippen LogP contribution is -2.48. The van der Waals surface area contributed by atoms with Gasteiger partial charge in [-0.1, -0.05) is 40.8 Å². The maximum atomic E-state index is 3.61. The van der Waals surface area contributed by atoms with Crippen LogP contribution in [0.3, 0.4) is 0 Å². The van der Waals surface area contributed by atoms with Crippen molar-refractivity contribution in [2.24, 2.45) is 0 Å². The highest BCUT2D eigenvalue weighted by atomic mass is 127. The molecule has 0 radical (unpaired) electrons. The Labute approximate surface area is 132 Å². The van der Waals surface area contributed by atoms with E-state index < -0.39 is 0 Å². The Balaban J connectivity index is 0.00000128. The smallest absolute Gasteiger partial charge is 0.129 e. The molecule has 1 N–H and O–H groups in total. The number of nitrogens with zero attached hydrogens (tertiary/aromatic N) is 1. The minimum absolute atomic E-state index is 0. The molecule has 0 saturated heterocycles. The number of para-hydroxylation sites is 1. The summed E-state index contributed by atoms with van der Waals surface area (Å²) in [6.07, 6.45) is 2.15. The van der Waals surface area contributed by atoms with Crippen molar-refractivity contribution in [1.29, 1.82) is 0 Å². The largest absolute Gasteiger partial charge is 0.338 e. The molecule has 2 rings (SSSR count). The lowest BCUT2D eigenvalue weighted by molar-refractivity contribution is 0.516. The number of benzene rings is 1. The lowest BCUT2D eigenvalue weighted by Gasteiger charge is -2.40. The number of rotatable bonds is 2. The predicted molar refractivity (Wildman–Crippen MR) is 92.1 cm³/mol. The molecule has 1 aromatic rings. The molecule has 0 saturated carbocycles. The van der Waals surface area contributed by atoms with Gasteiger partial charge in [-0.2, -0.15) is 0 Å². The molecular formula is C11H16I2N2S. The third-order valence-electron chi connectivity index (χ3n) is 2.74. The molecule has 2 atom stereocenters. The zero-order chi connectivity index (χ0) is 10.8. The van der Waals surface area contributed by atoms with E-state index >= 15 is 0 Å². The van der Waals surface area contributed by atoms with Crippen LogP contribution in [0.4, 0.5) is 5.69 Å². The van der Waals surface area contributed by atoms with E-state index in [0.29, 0.717) is 11.5 Å². The summed E-state index contributed by atoms with van der Waals surface area (Å²) in [5.41, 5.74) is 3.17. The highest BCUT2D eigenvalue weighted by Crippen LogP contribution is 2.35. The first-order chi connectivity index (χ1) is 7.27. The molecule has 0 fully saturated rings. The Morgan fingerprint density at radius 3 is 2.75 bits per heavy atom. The number of alkyl halides is 1. The van der Waals surface area contributed by atoms with E-state index in [2.05, 4.69) is 70.3 Å². The highest BCUT2D eigenvalue weighted by molar-refractivity contribution is 14.1. The van der Waals surface area contributed by atoms with E-state index in [0.717, 1.165) is 4.55 Å². The second-order valence-corrected chi connectivity index (χ2v) is 5.22. The summed E-state index contributed by atoms with van der Waals surface area (Å²) in [5, 5.41) is 3.61. The maximum absolute atomic E-state index is 3.61. The molecule has 0 spiro atoms. The van der Waals surface area contributed by atoms with Crippen LogP contribution in [0.1, 0.15) is 18.5 Å². The summed E-state index contributed by atoms with van der Waals surface area (Å²) in [4.78, 5) is 2.40. The Kier molecular flexibility index (Phi) is 6.17. The lowest BCUT2D eigenvalue weighted by atomic mass is 10.0. The number of halogens is 2. The number of nitrogens with one attached hydrogen (secondary N) is 1. The van der Waals surface area contributed by atoms with Crippen LogP contribution in [0.5, 0.6) is 0 Å². The van der Waals surface area contributed by atoms with Gasteiger partial charge in [0.1, 0.15) is 5.50 Å². The minimum atomic E-state index is 0. The maximum Gasteiger partial charge on any atom is 0.129 e. The molecule has 2 unspecified atom stereocenters. The van der Waals surface area contributed by atoms with Crippen molar-refractivity contribution in [3.05, 3.63) is 29.8 Å². The van der Waals surface area contributed by atoms with E-state index in [1.807, 2.05) is 11.8 Å². The van der Waals surface area contributed by atoms with Gasteiger partial charge in [0.05, 0.1) is 4.55 Å². The fourth-order valence-corrected chi connectivity index (χ4v) is 3.77. The number of thioether (sulfide) groups is 1. The van der Waals surface area contributed by atoms with Gasteiger partial charge in [0.15, 0.2) is 0 Å². The predicted octanol–water partition coefficient (Wildman–Crippen LogP) is 3.81. The summed E-state index contributed by atoms with van der Waals surface area (Å²) in [7, 11) is 0. The monoisotopic (exact) mass is 462 g/mol. The molecule has 1 aromatic carbocycles. The van der Waals surface area contributed by atoms with E-state index in [9.17, 15) is 0 Å². The minimum Gasteiger partial charge on any atom is -0.338 e. The summed E-state index contributed by atoms with van der Waals surface area (Å²) in [6, 6.07) is 9.10. The van der Waals surface area contributed by atoms with E-state index in [4.69, 9.17) is 0 Å². The van der Waals surface area contributed by atoms with Crippen molar-refractivity contribution in [3.63, 3.8) is 0 Å². The molecule has 90 valence electrons. The van der Waals surface area contributed by atoms with Gasteiger partial charge in [-0.25, -0.2) is 0 Å². The highest BCUT2D eigenvalue weighted by Gasteiger charge is 2.27. The molecule has 2 nitrogen and oxygen atoms in total. The summed E-state index contributed by atoms with van der Waals surface area (Å²) >= 11 is 4.28. The van der Waals surface area contributed by atoms with Crippen LogP contribution in [0.15, 0.2) is 24.3 Å². The molecule has 5 heteroatoms. The molecule has 16 heavy (non-hydrogen) atoms. The number of hydrogen-bond donors (Lipinski definition) is 1. The summed E-state index contributed by atoms with van der Waals surface area (Å²) < 4.78 is 1.01. The molecule has 0 bridgehead atoms. The van der Waals surface area contributed by atoms with Gasteiger partial charge in [-0.3, -0.25) is 5.32 Å². The van der Waals surface area contributed by atoms with Crippen molar-refractivity contribution in [1.82, 2.24) is 5.32 Å². The third kappa shape index (κ3) is 2.78. The molecule has 0 amide bonds. The Morgan fingerprint density at radius 2 is 2.12 bits per heavy atom. The van der Waals surface area contributed by atoms with Crippen LogP contribution >= 0.6 is 58.3 Å². The Bertz CT molecular complexity index is 349. The van der Waals surface area contributed by atoms with Gasteiger partial charge in [-0.05, 0) is 24.8 Å². The fourth-order valence-electron chi connectivity index (χ4n) is 1.96. The average Bonchev–Trinajstić information content (AvgIpc) is 2.29. The summed E-state index contributed by atoms with van der Waals surface area (Å²) in [5.74, 6) is 0. The van der Waals surface area contributed by atoms with Crippen LogP contribution in [-0.4, -0.2) is 16.3 Å². The van der Waals surface area contributed by atoms with Crippen LogP contribution in [0.2, 0.25) is 0 Å². The number of fused-ring (bicyclic) bond motifs is 1. The van der Waals surface area contributed by atoms with E-state index in [1.165, 1.54) is 11.3 Å². The van der Waals surface area contributed by atoms with Crippen LogP contribution in [-0.2, 0) is 0 Å². The first-order valence-electron chi connectivity index (χ1n) is 4.98. The van der Waals surface area contributed by atoms with Crippen LogP contribution < -0.4 is 10.2 Å². The zero-order valence-electron chi connectivity index (χ0n) is 9.31. The SMILES string of the molecule is CSC1NC(C)c2ccccc2N1CI.I. The molecule has 0 aliphatic carbocycles. The van der Waals surface area contributed by atoms with Crippen molar-refractivity contribution in [2.75, 3.05) is 15.7 Å². The second kappa shape index (κ2) is 6.65. The standard InChI is InChI=1S/C11H15IN2S.HI/c1-8-9-5-3-4-6-10(9)14(7-12)11(13-8)15-2;/h3-6,8,11,13H,7H2,1-2H3;1H. The molecule has 0 aromatic heterocycles. The first kappa shape index (κ1) is 14.8. The van der Waals surface area contributed by atoms with Gasteiger partial charge in [0.25, 0.3) is 0 Å². The molecule has 1 aliphatic heterocycles. The summed E-state index contributed by atoms with van der Waals surface area (Å²) in [6.45, 7) is 2.23. The number of hydrogen-bond acceptors (Lipinski definition) is 3. The topological polar surface area (TPSA) is 15.3 Å². The second-order valence-electron chi connectivity index (χ2n) is 3.62. The molecule has 1 aliphatic rings. The quantitative estimate of drug-likeness (QED) is 0.409. The third-order valence-corrected chi connectivity index (χ3v) is 4.31. The Morgan fingerprint density at radius 1 is 1.44 bits per heavy atom. The first-order valence-corrected chi connectivity index (χ1v) is 7.79. The number of anilines is 1. The normalized spacial score (nSPS) is 23.6. The van der Waals surface area contributed by atoms with Gasteiger partial charge in [0.2, 0.25) is 0 Å². The zero-order valence-corrected chi connectivity index (χ0v) is 14.6. The van der Waals surface area contributed by atoms with Crippen molar-refractivity contribution in [3.8, 4) is 0 Å². The van der Waals surface area contributed by atoms with Crippen molar-refractivity contribution < 1.29 is 0 Å².